The number of carboxylic acids is 1. The number of carbonyl (C=O) groups is 2. The number of hydrogen-bond donors (Lipinski definition) is 2. The number of fused-ring (bicyclic) bond motifs is 1. The highest BCUT2D eigenvalue weighted by Gasteiger charge is 2.26. The Morgan fingerprint density at radius 2 is 2.12 bits per heavy atom. The lowest BCUT2D eigenvalue weighted by Gasteiger charge is -2.30. The zero-order valence-electron chi connectivity index (χ0n) is 13.0. The van der Waals surface area contributed by atoms with E-state index in [1.807, 2.05) is 18.2 Å². The predicted octanol–water partition coefficient (Wildman–Crippen LogP) is 3.00. The first kappa shape index (κ1) is 17.0. The molecule has 1 saturated heterocycles. The normalized spacial score (nSPS) is 15.6. The first-order valence-corrected chi connectivity index (χ1v) is 9.03. The van der Waals surface area contributed by atoms with Gasteiger partial charge in [0.2, 0.25) is 0 Å². The van der Waals surface area contributed by atoms with Crippen molar-refractivity contribution in [2.45, 2.75) is 19.3 Å². The van der Waals surface area contributed by atoms with E-state index in [1.165, 1.54) is 0 Å². The molecule has 1 fully saturated rings. The molecule has 8 heteroatoms. The number of benzene rings is 1. The molecule has 1 aromatic heterocycles. The average molecular weight is 368 g/mol. The van der Waals surface area contributed by atoms with Crippen molar-refractivity contribution in [1.82, 2.24) is 15.2 Å². The summed E-state index contributed by atoms with van der Waals surface area (Å²) < 4.78 is 1.08. The molecule has 0 saturated carbocycles. The third-order valence-electron chi connectivity index (χ3n) is 4.14. The van der Waals surface area contributed by atoms with E-state index in [0.717, 1.165) is 15.2 Å². The highest BCUT2D eigenvalue weighted by atomic mass is 35.5. The van der Waals surface area contributed by atoms with Crippen LogP contribution < -0.4 is 5.32 Å². The van der Waals surface area contributed by atoms with E-state index in [1.54, 1.807) is 16.2 Å². The molecule has 24 heavy (non-hydrogen) atoms. The van der Waals surface area contributed by atoms with Crippen LogP contribution in [0, 0.1) is 5.92 Å². The van der Waals surface area contributed by atoms with E-state index in [9.17, 15) is 9.59 Å². The van der Waals surface area contributed by atoms with Crippen LogP contribution in [-0.2, 0) is 11.2 Å². The zero-order chi connectivity index (χ0) is 17.1. The Labute approximate surface area is 148 Å². The summed E-state index contributed by atoms with van der Waals surface area (Å²) in [7, 11) is 0. The lowest BCUT2D eigenvalue weighted by molar-refractivity contribution is -0.143. The van der Waals surface area contributed by atoms with Gasteiger partial charge in [-0.1, -0.05) is 11.6 Å². The van der Waals surface area contributed by atoms with Crippen LogP contribution in [-0.4, -0.2) is 46.6 Å². The Morgan fingerprint density at radius 1 is 1.38 bits per heavy atom. The van der Waals surface area contributed by atoms with E-state index in [-0.39, 0.29) is 11.9 Å². The minimum absolute atomic E-state index is 0.136. The molecule has 2 amide bonds. The fourth-order valence-electron chi connectivity index (χ4n) is 2.77. The van der Waals surface area contributed by atoms with Crippen molar-refractivity contribution in [3.63, 3.8) is 0 Å². The van der Waals surface area contributed by atoms with Crippen molar-refractivity contribution < 1.29 is 14.7 Å². The monoisotopic (exact) mass is 367 g/mol. The van der Waals surface area contributed by atoms with Crippen LogP contribution in [0.3, 0.4) is 0 Å². The van der Waals surface area contributed by atoms with Crippen molar-refractivity contribution in [3.8, 4) is 0 Å². The SMILES string of the molecule is O=C(O)C1CCN(C(=O)NCCc2nc3cc(Cl)ccc3s2)CC1. The summed E-state index contributed by atoms with van der Waals surface area (Å²) in [5, 5.41) is 13.5. The number of urea groups is 1. The van der Waals surface area contributed by atoms with Gasteiger partial charge in [0.15, 0.2) is 0 Å². The average Bonchev–Trinajstić information content (AvgIpc) is 2.96. The number of nitrogens with one attached hydrogen (secondary N) is 1. The Bertz CT molecular complexity index is 756. The molecule has 0 spiro atoms. The quantitative estimate of drug-likeness (QED) is 0.870. The maximum absolute atomic E-state index is 12.1. The van der Waals surface area contributed by atoms with Crippen molar-refractivity contribution in [1.29, 1.82) is 0 Å². The Morgan fingerprint density at radius 3 is 2.83 bits per heavy atom. The van der Waals surface area contributed by atoms with Gasteiger partial charge in [0.1, 0.15) is 0 Å². The molecule has 128 valence electrons. The molecule has 0 aliphatic carbocycles. The zero-order valence-corrected chi connectivity index (χ0v) is 14.6. The molecule has 3 rings (SSSR count). The third kappa shape index (κ3) is 3.96. The Hall–Kier alpha value is -1.86. The van der Waals surface area contributed by atoms with Gasteiger partial charge in [0, 0.05) is 31.1 Å². The molecule has 0 unspecified atom stereocenters. The molecule has 2 aromatic rings. The number of carboxylic acid groups (broad SMARTS) is 1. The maximum atomic E-state index is 12.1. The van der Waals surface area contributed by atoms with Crippen molar-refractivity contribution in [2.75, 3.05) is 19.6 Å². The van der Waals surface area contributed by atoms with E-state index in [4.69, 9.17) is 16.7 Å². The summed E-state index contributed by atoms with van der Waals surface area (Å²) in [6.07, 6.45) is 1.69. The third-order valence-corrected chi connectivity index (χ3v) is 5.47. The second-order valence-corrected chi connectivity index (χ2v) is 7.35. The lowest BCUT2D eigenvalue weighted by atomic mass is 9.97. The molecular formula is C16H18ClN3O3S. The summed E-state index contributed by atoms with van der Waals surface area (Å²) in [6, 6.07) is 5.49. The topological polar surface area (TPSA) is 82.5 Å². The molecule has 0 bridgehead atoms. The predicted molar refractivity (Wildman–Crippen MR) is 93.7 cm³/mol. The molecule has 1 aliphatic heterocycles. The molecule has 2 heterocycles. The highest BCUT2D eigenvalue weighted by molar-refractivity contribution is 7.18. The molecule has 0 atom stereocenters. The van der Waals surface area contributed by atoms with Crippen LogP contribution in [0.5, 0.6) is 0 Å². The number of likely N-dealkylation sites (tertiary alicyclic amines) is 1. The second kappa shape index (κ2) is 7.36. The minimum Gasteiger partial charge on any atom is -0.481 e. The van der Waals surface area contributed by atoms with E-state index >= 15 is 0 Å². The lowest BCUT2D eigenvalue weighted by Crippen LogP contribution is -2.45. The van der Waals surface area contributed by atoms with Crippen LogP contribution >= 0.6 is 22.9 Å². The van der Waals surface area contributed by atoms with Gasteiger partial charge in [-0.3, -0.25) is 4.79 Å². The number of aliphatic carboxylic acids is 1. The van der Waals surface area contributed by atoms with Crippen molar-refractivity contribution >= 4 is 45.2 Å². The fraction of sp³-hybridized carbons (Fsp3) is 0.438. The van der Waals surface area contributed by atoms with Crippen molar-refractivity contribution in [3.05, 3.63) is 28.2 Å². The molecule has 1 aromatic carbocycles. The van der Waals surface area contributed by atoms with Gasteiger partial charge in [-0.2, -0.15) is 0 Å². The van der Waals surface area contributed by atoms with Gasteiger partial charge in [-0.15, -0.1) is 11.3 Å². The largest absolute Gasteiger partial charge is 0.481 e. The smallest absolute Gasteiger partial charge is 0.317 e. The molecule has 2 N–H and O–H groups in total. The molecule has 1 aliphatic rings. The summed E-state index contributed by atoms with van der Waals surface area (Å²) in [5.74, 6) is -1.10. The van der Waals surface area contributed by atoms with Gasteiger partial charge < -0.3 is 15.3 Å². The van der Waals surface area contributed by atoms with Gasteiger partial charge in [0.25, 0.3) is 0 Å². The van der Waals surface area contributed by atoms with Crippen molar-refractivity contribution in [2.24, 2.45) is 5.92 Å². The van der Waals surface area contributed by atoms with Gasteiger partial charge in [0.05, 0.1) is 21.1 Å². The van der Waals surface area contributed by atoms with E-state index in [0.29, 0.717) is 43.9 Å². The number of rotatable bonds is 4. The van der Waals surface area contributed by atoms with Crippen LogP contribution in [0.2, 0.25) is 5.02 Å². The van der Waals surface area contributed by atoms with E-state index in [2.05, 4.69) is 10.3 Å². The first-order valence-electron chi connectivity index (χ1n) is 7.83. The summed E-state index contributed by atoms with van der Waals surface area (Å²) in [5.41, 5.74) is 0.879. The number of halogens is 1. The standard InChI is InChI=1S/C16H18ClN3O3S/c17-11-1-2-13-12(9-11)19-14(24-13)3-6-18-16(23)20-7-4-10(5-8-20)15(21)22/h1-2,9-10H,3-8H2,(H,18,23)(H,21,22). The number of hydrogen-bond acceptors (Lipinski definition) is 4. The summed E-state index contributed by atoms with van der Waals surface area (Å²) >= 11 is 7.55. The summed E-state index contributed by atoms with van der Waals surface area (Å²) in [4.78, 5) is 29.2. The van der Waals surface area contributed by atoms with Crippen LogP contribution in [0.15, 0.2) is 18.2 Å². The molecule has 6 nitrogen and oxygen atoms in total. The Kier molecular flexibility index (Phi) is 5.20. The molecular weight excluding hydrogens is 350 g/mol. The first-order chi connectivity index (χ1) is 11.5. The highest BCUT2D eigenvalue weighted by Crippen LogP contribution is 2.25. The number of aromatic nitrogens is 1. The molecule has 0 radical (unpaired) electrons. The fourth-order valence-corrected chi connectivity index (χ4v) is 3.89. The number of carbonyl (C=O) groups excluding carboxylic acids is 1. The van der Waals surface area contributed by atoms with Gasteiger partial charge in [-0.25, -0.2) is 9.78 Å². The van der Waals surface area contributed by atoms with Crippen LogP contribution in [0.4, 0.5) is 4.79 Å². The van der Waals surface area contributed by atoms with Crippen LogP contribution in [0.1, 0.15) is 17.8 Å². The van der Waals surface area contributed by atoms with Gasteiger partial charge in [-0.05, 0) is 31.0 Å². The number of piperidine rings is 1. The minimum atomic E-state index is -0.772. The maximum Gasteiger partial charge on any atom is 0.317 e. The number of amides is 2. The van der Waals surface area contributed by atoms with Gasteiger partial charge >= 0.3 is 12.0 Å². The van der Waals surface area contributed by atoms with Crippen LogP contribution in [0.25, 0.3) is 10.2 Å². The Balaban J connectivity index is 1.47. The number of nitrogens with zero attached hydrogens (tertiary/aromatic N) is 2. The van der Waals surface area contributed by atoms with E-state index < -0.39 is 5.97 Å². The number of thiazole rings is 1. The second-order valence-electron chi connectivity index (χ2n) is 5.80. The summed E-state index contributed by atoms with van der Waals surface area (Å²) in [6.45, 7) is 1.48.